The van der Waals surface area contributed by atoms with E-state index in [4.69, 9.17) is 34.8 Å². The van der Waals surface area contributed by atoms with Crippen molar-refractivity contribution in [3.05, 3.63) is 67.7 Å². The van der Waals surface area contributed by atoms with Gasteiger partial charge in [-0.25, -0.2) is 18.2 Å². The molecule has 0 bridgehead atoms. The van der Waals surface area contributed by atoms with Crippen molar-refractivity contribution in [2.45, 2.75) is 25.4 Å². The highest BCUT2D eigenvalue weighted by Crippen LogP contribution is 2.35. The molecule has 1 aliphatic carbocycles. The van der Waals surface area contributed by atoms with Crippen molar-refractivity contribution in [1.82, 2.24) is 26.0 Å². The van der Waals surface area contributed by atoms with Crippen LogP contribution in [0.15, 0.2) is 45.4 Å². The molecule has 0 radical (unpaired) electrons. The molecule has 222 valence electrons. The number of benzene rings is 1. The van der Waals surface area contributed by atoms with Crippen LogP contribution in [0.25, 0.3) is 0 Å². The summed E-state index contributed by atoms with van der Waals surface area (Å²) in [6, 6.07) is 0.0351. The summed E-state index contributed by atoms with van der Waals surface area (Å²) >= 11 is 19.1. The molecule has 0 saturated heterocycles. The van der Waals surface area contributed by atoms with Crippen LogP contribution < -0.4 is 16.1 Å². The Morgan fingerprint density at radius 3 is 2.54 bits per heavy atom. The number of fused-ring (bicyclic) bond motifs is 1. The van der Waals surface area contributed by atoms with Gasteiger partial charge in [-0.1, -0.05) is 47.0 Å². The number of guanidine groups is 1. The molecule has 1 unspecified atom stereocenters. The highest BCUT2D eigenvalue weighted by Gasteiger charge is 2.30. The molecule has 12 nitrogen and oxygen atoms in total. The Balaban J connectivity index is 1.78. The molecule has 2 aliphatic rings. The van der Waals surface area contributed by atoms with E-state index in [1.807, 2.05) is 6.08 Å². The van der Waals surface area contributed by atoms with Crippen molar-refractivity contribution in [1.29, 1.82) is 0 Å². The molecule has 0 aromatic heterocycles. The summed E-state index contributed by atoms with van der Waals surface area (Å²) in [5, 5.41) is 16.7. The molecule has 41 heavy (non-hydrogen) atoms. The molecule has 0 fully saturated rings. The molecule has 1 aromatic rings. The third-order valence-corrected chi connectivity index (χ3v) is 7.39. The van der Waals surface area contributed by atoms with Crippen LogP contribution in [0, 0.1) is 0 Å². The zero-order valence-electron chi connectivity index (χ0n) is 22.4. The number of halogens is 3. The Labute approximate surface area is 252 Å². The van der Waals surface area contributed by atoms with Gasteiger partial charge in [0.25, 0.3) is 21.8 Å². The van der Waals surface area contributed by atoms with E-state index in [0.29, 0.717) is 41.1 Å². The number of nitrogens with zero attached hydrogens (tertiary/aromatic N) is 3. The molecular weight excluding hydrogens is 619 g/mol. The highest BCUT2D eigenvalue weighted by molar-refractivity contribution is 7.89. The van der Waals surface area contributed by atoms with Gasteiger partial charge in [0.15, 0.2) is 0 Å². The van der Waals surface area contributed by atoms with Gasteiger partial charge in [0.05, 0.1) is 21.9 Å². The molecule has 2 amide bonds. The Morgan fingerprint density at radius 2 is 1.90 bits per heavy atom. The molecule has 0 spiro atoms. The third kappa shape index (κ3) is 8.94. The molecular formula is C25H29Cl3N6O6S. The topological polar surface area (TPSA) is 161 Å². The van der Waals surface area contributed by atoms with Crippen molar-refractivity contribution >= 4 is 68.6 Å². The fourth-order valence-corrected chi connectivity index (χ4v) is 5.41. The van der Waals surface area contributed by atoms with Crippen LogP contribution >= 0.6 is 34.8 Å². The van der Waals surface area contributed by atoms with Gasteiger partial charge < -0.3 is 20.6 Å². The van der Waals surface area contributed by atoms with Crippen molar-refractivity contribution < 1.29 is 27.9 Å². The van der Waals surface area contributed by atoms with E-state index in [-0.39, 0.29) is 34.0 Å². The summed E-state index contributed by atoms with van der Waals surface area (Å²) < 4.78 is 26.7. The van der Waals surface area contributed by atoms with Crippen molar-refractivity contribution in [2.75, 3.05) is 33.4 Å². The number of allylic oxidation sites excluding steroid dienone is 4. The summed E-state index contributed by atoms with van der Waals surface area (Å²) in [6.45, 7) is 0.124. The van der Waals surface area contributed by atoms with Crippen LogP contribution in [-0.2, 0) is 32.6 Å². The molecule has 1 aromatic carbocycles. The maximum atomic E-state index is 13.2. The Morgan fingerprint density at radius 1 is 1.20 bits per heavy atom. The first-order chi connectivity index (χ1) is 19.2. The van der Waals surface area contributed by atoms with E-state index < -0.39 is 34.5 Å². The minimum absolute atomic E-state index is 0.0189. The number of rotatable bonds is 8. The Hall–Kier alpha value is -3.10. The van der Waals surface area contributed by atoms with E-state index >= 15 is 0 Å². The van der Waals surface area contributed by atoms with E-state index in [9.17, 15) is 27.9 Å². The predicted octanol–water partition coefficient (Wildman–Crippen LogP) is 2.04. The van der Waals surface area contributed by atoms with Gasteiger partial charge in [-0.3, -0.25) is 15.0 Å². The first kappa shape index (κ1) is 32.4. The number of carbonyl (C=O) groups excluding carboxylic acids is 2. The molecule has 4 N–H and O–H groups in total. The maximum Gasteiger partial charge on any atom is 0.328 e. The molecule has 1 atom stereocenters. The number of amides is 2. The number of aliphatic carboxylic acids is 1. The Kier molecular flexibility index (Phi) is 10.8. The van der Waals surface area contributed by atoms with Crippen LogP contribution in [0.4, 0.5) is 0 Å². The lowest BCUT2D eigenvalue weighted by Gasteiger charge is -2.30. The van der Waals surface area contributed by atoms with E-state index in [1.54, 1.807) is 37.2 Å². The molecule has 3 rings (SSSR count). The molecule has 0 saturated carbocycles. The monoisotopic (exact) mass is 646 g/mol. The number of sulfonamides is 1. The summed E-state index contributed by atoms with van der Waals surface area (Å²) in [7, 11) is -0.668. The lowest BCUT2D eigenvalue weighted by Crippen LogP contribution is -2.52. The molecule has 1 aliphatic heterocycles. The predicted molar refractivity (Wildman–Crippen MR) is 157 cm³/mol. The van der Waals surface area contributed by atoms with Crippen LogP contribution in [0.2, 0.25) is 10.0 Å². The third-order valence-electron chi connectivity index (χ3n) is 5.88. The first-order valence-corrected chi connectivity index (χ1v) is 15.2. The minimum atomic E-state index is -3.82. The molecule has 1 heterocycles. The second-order valence-corrected chi connectivity index (χ2v) is 12.3. The minimum Gasteiger partial charge on any atom is -0.480 e. The van der Waals surface area contributed by atoms with E-state index in [0.717, 1.165) is 6.26 Å². The summed E-state index contributed by atoms with van der Waals surface area (Å²) in [4.78, 5) is 39.8. The normalized spacial score (nSPS) is 16.3. The quantitative estimate of drug-likeness (QED) is 0.188. The average Bonchev–Trinajstić information content (AvgIpc) is 3.08. The zero-order chi connectivity index (χ0) is 30.5. The number of hydrazine groups is 1. The number of carbonyl (C=O) groups is 3. The van der Waals surface area contributed by atoms with Crippen LogP contribution in [0.1, 0.15) is 27.9 Å². The van der Waals surface area contributed by atoms with Gasteiger partial charge in [0.1, 0.15) is 6.04 Å². The smallest absolute Gasteiger partial charge is 0.328 e. The SMILES string of the molecule is CN(C)N/C(=N/S(C)(=O)=O)NCC(NC(=O)c1c(Cl)cc2c(c1Cl)CCN(C(=O)C1=CC=C(Cl)CC=C1)C2)C(=O)O. The first-order valence-electron chi connectivity index (χ1n) is 12.2. The summed E-state index contributed by atoms with van der Waals surface area (Å²) in [5.41, 5.74) is 4.27. The highest BCUT2D eigenvalue weighted by atomic mass is 35.5. The second-order valence-electron chi connectivity index (χ2n) is 9.43. The number of nitrogens with one attached hydrogen (secondary N) is 3. The number of carboxylic acid groups (broad SMARTS) is 1. The summed E-state index contributed by atoms with van der Waals surface area (Å²) in [5.74, 6) is -2.67. The summed E-state index contributed by atoms with van der Waals surface area (Å²) in [6.07, 6.45) is 8.63. The number of carboxylic acids is 1. The lowest BCUT2D eigenvalue weighted by molar-refractivity contribution is -0.139. The fraction of sp³-hybridized carbons (Fsp3) is 0.360. The van der Waals surface area contributed by atoms with E-state index in [1.165, 1.54) is 11.1 Å². The maximum absolute atomic E-state index is 13.2. The van der Waals surface area contributed by atoms with Gasteiger partial charge in [0.2, 0.25) is 5.96 Å². The zero-order valence-corrected chi connectivity index (χ0v) is 25.5. The molecule has 16 heteroatoms. The van der Waals surface area contributed by atoms with Gasteiger partial charge in [0, 0.05) is 50.8 Å². The largest absolute Gasteiger partial charge is 0.480 e. The second kappa shape index (κ2) is 13.7. The number of hydrogen-bond donors (Lipinski definition) is 4. The van der Waals surface area contributed by atoms with Gasteiger partial charge >= 0.3 is 5.97 Å². The van der Waals surface area contributed by atoms with Gasteiger partial charge in [-0.05, 0) is 35.8 Å². The average molecular weight is 648 g/mol. The van der Waals surface area contributed by atoms with E-state index in [2.05, 4.69) is 20.5 Å². The standard InChI is InChI=1S/C25H29Cl3N6O6S/c1-33(2)31-25(32-41(3,39)40)29-12-19(24(37)38)30-22(35)20-18(27)11-15-13-34(10-9-17(15)21(20)28)23(36)14-5-4-6-16(26)8-7-14/h4-5,7-8,11,19H,6,9-10,12-13H2,1-3H3,(H,30,35)(H,37,38)(H2,29,31,32). The number of hydrogen-bond acceptors (Lipinski definition) is 6. The van der Waals surface area contributed by atoms with Crippen molar-refractivity contribution in [3.8, 4) is 0 Å². The van der Waals surface area contributed by atoms with Gasteiger partial charge in [-0.15, -0.1) is 4.40 Å². The van der Waals surface area contributed by atoms with Crippen LogP contribution in [0.5, 0.6) is 0 Å². The fourth-order valence-electron chi connectivity index (χ4n) is 4.06. The Bertz CT molecular complexity index is 1470. The van der Waals surface area contributed by atoms with Crippen molar-refractivity contribution in [2.24, 2.45) is 4.40 Å². The van der Waals surface area contributed by atoms with Crippen LogP contribution in [0.3, 0.4) is 0 Å². The van der Waals surface area contributed by atoms with Gasteiger partial charge in [-0.2, -0.15) is 0 Å². The lowest BCUT2D eigenvalue weighted by atomic mass is 9.95. The van der Waals surface area contributed by atoms with Crippen molar-refractivity contribution in [3.63, 3.8) is 0 Å². The van der Waals surface area contributed by atoms with Crippen LogP contribution in [-0.4, -0.2) is 86.7 Å².